The summed E-state index contributed by atoms with van der Waals surface area (Å²) in [6.45, 7) is 8.43. The summed E-state index contributed by atoms with van der Waals surface area (Å²) in [4.78, 5) is 15.4. The lowest BCUT2D eigenvalue weighted by Crippen LogP contribution is -2.18. The van der Waals surface area contributed by atoms with Crippen LogP contribution in [0, 0.1) is 0 Å². The average Bonchev–Trinajstić information content (AvgIpc) is 2.16. The Hall–Kier alpha value is -0.710. The second kappa shape index (κ2) is 6.71. The number of carbonyl (C=O) groups excluding carboxylic acids is 1. The summed E-state index contributed by atoms with van der Waals surface area (Å²) in [5.74, 6) is 0.789. The van der Waals surface area contributed by atoms with Gasteiger partial charge in [0.05, 0.1) is 5.71 Å². The number of carbonyl (C=O) groups is 1. The van der Waals surface area contributed by atoms with Crippen molar-refractivity contribution in [3.63, 3.8) is 0 Å². The molecule has 0 aromatic heterocycles. The van der Waals surface area contributed by atoms with E-state index in [9.17, 15) is 4.79 Å². The molecule has 0 unspecified atom stereocenters. The average molecular weight is 232 g/mol. The SMILES string of the molecule is CCC(CSC(C)(C)C)=NOC(=O)NC. The van der Waals surface area contributed by atoms with Crippen LogP contribution in [-0.2, 0) is 4.84 Å². The summed E-state index contributed by atoms with van der Waals surface area (Å²) >= 11 is 1.78. The summed E-state index contributed by atoms with van der Waals surface area (Å²) in [7, 11) is 1.51. The molecule has 0 rings (SSSR count). The molecule has 88 valence electrons. The fraction of sp³-hybridized carbons (Fsp3) is 0.800. The van der Waals surface area contributed by atoms with Crippen molar-refractivity contribution in [2.75, 3.05) is 12.8 Å². The molecule has 0 bridgehead atoms. The third-order valence-electron chi connectivity index (χ3n) is 1.54. The first-order valence-corrected chi connectivity index (χ1v) is 5.96. The molecule has 0 radical (unpaired) electrons. The molecular formula is C10H20N2O2S. The Bertz CT molecular complexity index is 234. The Balaban J connectivity index is 4.07. The van der Waals surface area contributed by atoms with E-state index in [1.807, 2.05) is 6.92 Å². The van der Waals surface area contributed by atoms with Gasteiger partial charge in [0, 0.05) is 17.5 Å². The zero-order valence-corrected chi connectivity index (χ0v) is 10.9. The van der Waals surface area contributed by atoms with Gasteiger partial charge >= 0.3 is 6.09 Å². The molecule has 0 atom stereocenters. The van der Waals surface area contributed by atoms with Gasteiger partial charge in [0.25, 0.3) is 0 Å². The third-order valence-corrected chi connectivity index (χ3v) is 2.89. The summed E-state index contributed by atoms with van der Waals surface area (Å²) in [5, 5.41) is 6.14. The first-order valence-electron chi connectivity index (χ1n) is 4.97. The topological polar surface area (TPSA) is 50.7 Å². The maximum absolute atomic E-state index is 10.8. The molecular weight excluding hydrogens is 212 g/mol. The normalized spacial score (nSPS) is 12.5. The fourth-order valence-electron chi connectivity index (χ4n) is 0.644. The van der Waals surface area contributed by atoms with E-state index >= 15 is 0 Å². The van der Waals surface area contributed by atoms with E-state index in [1.54, 1.807) is 11.8 Å². The van der Waals surface area contributed by atoms with Crippen LogP contribution < -0.4 is 5.32 Å². The number of amides is 1. The van der Waals surface area contributed by atoms with Crippen LogP contribution >= 0.6 is 11.8 Å². The van der Waals surface area contributed by atoms with Crippen molar-refractivity contribution in [1.29, 1.82) is 0 Å². The van der Waals surface area contributed by atoms with Gasteiger partial charge in [-0.25, -0.2) is 4.79 Å². The standard InChI is InChI=1S/C10H20N2O2S/c1-6-8(7-15-10(2,3)4)12-14-9(13)11-5/h6-7H2,1-5H3,(H,11,13). The van der Waals surface area contributed by atoms with Crippen LogP contribution in [0.3, 0.4) is 0 Å². The number of oxime groups is 1. The molecule has 4 nitrogen and oxygen atoms in total. The Labute approximate surface area is 95.8 Å². The minimum Gasteiger partial charge on any atom is -0.323 e. The summed E-state index contributed by atoms with van der Waals surface area (Å²) in [6, 6.07) is 0. The number of nitrogens with one attached hydrogen (secondary N) is 1. The predicted octanol–water partition coefficient (Wildman–Crippen LogP) is 2.64. The summed E-state index contributed by atoms with van der Waals surface area (Å²) < 4.78 is 0.197. The molecule has 1 amide bonds. The zero-order chi connectivity index (χ0) is 11.9. The molecule has 15 heavy (non-hydrogen) atoms. The summed E-state index contributed by atoms with van der Waals surface area (Å²) in [6.07, 6.45) is 0.266. The van der Waals surface area contributed by atoms with Crippen molar-refractivity contribution in [2.24, 2.45) is 5.16 Å². The van der Waals surface area contributed by atoms with Gasteiger partial charge in [0.1, 0.15) is 0 Å². The van der Waals surface area contributed by atoms with Gasteiger partial charge in [-0.05, 0) is 6.42 Å². The smallest absolute Gasteiger partial charge is 0.323 e. The van der Waals surface area contributed by atoms with E-state index in [2.05, 4.69) is 36.1 Å². The van der Waals surface area contributed by atoms with E-state index in [0.717, 1.165) is 17.9 Å². The van der Waals surface area contributed by atoms with Crippen molar-refractivity contribution in [3.8, 4) is 0 Å². The molecule has 0 saturated heterocycles. The van der Waals surface area contributed by atoms with Gasteiger partial charge in [-0.2, -0.15) is 0 Å². The molecule has 5 heteroatoms. The molecule has 0 aliphatic rings. The Morgan fingerprint density at radius 1 is 1.47 bits per heavy atom. The maximum Gasteiger partial charge on any atom is 0.433 e. The van der Waals surface area contributed by atoms with Crippen molar-refractivity contribution >= 4 is 23.6 Å². The van der Waals surface area contributed by atoms with E-state index in [0.29, 0.717) is 0 Å². The molecule has 0 heterocycles. The highest BCUT2D eigenvalue weighted by Gasteiger charge is 2.12. The lowest BCUT2D eigenvalue weighted by atomic mass is 10.3. The second-order valence-electron chi connectivity index (χ2n) is 4.04. The molecule has 0 aliphatic heterocycles. The lowest BCUT2D eigenvalue weighted by molar-refractivity contribution is 0.153. The van der Waals surface area contributed by atoms with Crippen molar-refractivity contribution in [3.05, 3.63) is 0 Å². The van der Waals surface area contributed by atoms with Crippen LogP contribution in [0.4, 0.5) is 4.79 Å². The molecule has 0 aromatic carbocycles. The third kappa shape index (κ3) is 8.30. The largest absolute Gasteiger partial charge is 0.433 e. The van der Waals surface area contributed by atoms with Crippen LogP contribution in [0.15, 0.2) is 5.16 Å². The van der Waals surface area contributed by atoms with Crippen molar-refractivity contribution in [2.45, 2.75) is 38.9 Å². The van der Waals surface area contributed by atoms with E-state index in [-0.39, 0.29) is 4.75 Å². The molecule has 0 aliphatic carbocycles. The number of thioether (sulfide) groups is 1. The van der Waals surface area contributed by atoms with Gasteiger partial charge in [0.15, 0.2) is 0 Å². The van der Waals surface area contributed by atoms with Gasteiger partial charge < -0.3 is 5.32 Å². The van der Waals surface area contributed by atoms with Gasteiger partial charge in [-0.1, -0.05) is 32.9 Å². The van der Waals surface area contributed by atoms with Gasteiger partial charge in [-0.3, -0.25) is 4.84 Å². The van der Waals surface area contributed by atoms with E-state index in [1.165, 1.54) is 7.05 Å². The monoisotopic (exact) mass is 232 g/mol. The van der Waals surface area contributed by atoms with Crippen LogP contribution in [0.5, 0.6) is 0 Å². The molecule has 0 saturated carbocycles. The lowest BCUT2D eigenvalue weighted by Gasteiger charge is -2.17. The quantitative estimate of drug-likeness (QED) is 0.460. The minimum absolute atomic E-state index is 0.197. The highest BCUT2D eigenvalue weighted by molar-refractivity contribution is 8.01. The fourth-order valence-corrected chi connectivity index (χ4v) is 1.50. The second-order valence-corrected chi connectivity index (χ2v) is 5.84. The number of hydrogen-bond donors (Lipinski definition) is 1. The van der Waals surface area contributed by atoms with Crippen LogP contribution in [0.1, 0.15) is 34.1 Å². The van der Waals surface area contributed by atoms with Gasteiger partial charge in [-0.15, -0.1) is 11.8 Å². The molecule has 0 aromatic rings. The Kier molecular flexibility index (Phi) is 6.40. The predicted molar refractivity (Wildman–Crippen MR) is 65.5 cm³/mol. The summed E-state index contributed by atoms with van der Waals surface area (Å²) in [5.41, 5.74) is 0.888. The number of nitrogens with zero attached hydrogens (tertiary/aromatic N) is 1. The zero-order valence-electron chi connectivity index (χ0n) is 10.1. The first kappa shape index (κ1) is 14.3. The molecule has 0 spiro atoms. The molecule has 0 fully saturated rings. The Morgan fingerprint density at radius 2 is 2.07 bits per heavy atom. The van der Waals surface area contributed by atoms with E-state index < -0.39 is 6.09 Å². The van der Waals surface area contributed by atoms with Crippen LogP contribution in [-0.4, -0.2) is 29.4 Å². The maximum atomic E-state index is 10.8. The first-order chi connectivity index (χ1) is 6.89. The minimum atomic E-state index is -0.526. The van der Waals surface area contributed by atoms with Crippen LogP contribution in [0.25, 0.3) is 0 Å². The van der Waals surface area contributed by atoms with Crippen molar-refractivity contribution < 1.29 is 9.63 Å². The van der Waals surface area contributed by atoms with E-state index in [4.69, 9.17) is 0 Å². The number of hydrogen-bond acceptors (Lipinski definition) is 4. The van der Waals surface area contributed by atoms with Crippen molar-refractivity contribution in [1.82, 2.24) is 5.32 Å². The highest BCUT2D eigenvalue weighted by atomic mass is 32.2. The van der Waals surface area contributed by atoms with Crippen LogP contribution in [0.2, 0.25) is 0 Å². The number of rotatable bonds is 4. The Morgan fingerprint density at radius 3 is 2.47 bits per heavy atom. The van der Waals surface area contributed by atoms with Gasteiger partial charge in [0.2, 0.25) is 0 Å². The highest BCUT2D eigenvalue weighted by Crippen LogP contribution is 2.23. The molecule has 1 N–H and O–H groups in total.